The molecule has 0 bridgehead atoms. The van der Waals surface area contributed by atoms with Gasteiger partial charge >= 0.3 is 0 Å². The molecule has 0 aromatic heterocycles. The Balaban J connectivity index is 1.61. The molecule has 3 aromatic carbocycles. The molecule has 1 fully saturated rings. The first-order valence-corrected chi connectivity index (χ1v) is 12.1. The van der Waals surface area contributed by atoms with Crippen LogP contribution < -0.4 is 5.43 Å². The Morgan fingerprint density at radius 1 is 1.00 bits per heavy atom. The van der Waals surface area contributed by atoms with Crippen molar-refractivity contribution in [1.82, 2.24) is 4.31 Å². The van der Waals surface area contributed by atoms with E-state index in [2.05, 4.69) is 10.5 Å². The molecule has 0 unspecified atom stereocenters. The lowest BCUT2D eigenvalue weighted by Crippen LogP contribution is -2.40. The van der Waals surface area contributed by atoms with E-state index < -0.39 is 14.9 Å². The number of rotatable bonds is 7. The van der Waals surface area contributed by atoms with E-state index in [9.17, 15) is 18.5 Å². The van der Waals surface area contributed by atoms with Gasteiger partial charge in [-0.05, 0) is 29.7 Å². The number of hydrazone groups is 1. The molecule has 0 atom stereocenters. The Labute approximate surface area is 197 Å². The summed E-state index contributed by atoms with van der Waals surface area (Å²) in [4.78, 5) is 10.5. The summed E-state index contributed by atoms with van der Waals surface area (Å²) in [6, 6.07) is 21.5. The molecule has 1 saturated heterocycles. The second-order valence-corrected chi connectivity index (χ2v) is 9.61. The summed E-state index contributed by atoms with van der Waals surface area (Å²) >= 11 is 0. The van der Waals surface area contributed by atoms with Gasteiger partial charge in [0.1, 0.15) is 4.90 Å². The van der Waals surface area contributed by atoms with Crippen LogP contribution in [0, 0.1) is 10.1 Å². The van der Waals surface area contributed by atoms with Gasteiger partial charge in [0.25, 0.3) is 5.69 Å². The van der Waals surface area contributed by atoms with Crippen molar-refractivity contribution in [2.24, 2.45) is 5.10 Å². The van der Waals surface area contributed by atoms with Crippen molar-refractivity contribution in [3.63, 3.8) is 0 Å². The number of benzene rings is 3. The SMILES string of the molecule is CC(=NNc1ccc([N+](=O)[O-])cc1S(=O)(=O)N1CCOCC1)c1ccc(-c2ccccc2)cc1. The van der Waals surface area contributed by atoms with Gasteiger partial charge in [0.15, 0.2) is 0 Å². The first kappa shape index (κ1) is 23.6. The molecular weight excluding hydrogens is 456 g/mol. The van der Waals surface area contributed by atoms with Crippen LogP contribution in [-0.2, 0) is 14.8 Å². The van der Waals surface area contributed by atoms with Crippen molar-refractivity contribution in [2.45, 2.75) is 11.8 Å². The standard InChI is InChI=1S/C24H24N4O5S/c1-18(19-7-9-21(10-8-19)20-5-3-2-4-6-20)25-26-23-12-11-22(28(29)30)17-24(23)34(31,32)27-13-15-33-16-14-27/h2-12,17,26H,13-16H2,1H3. The second-order valence-electron chi connectivity index (χ2n) is 7.71. The first-order valence-electron chi connectivity index (χ1n) is 10.7. The van der Waals surface area contributed by atoms with Crippen molar-refractivity contribution in [2.75, 3.05) is 31.7 Å². The summed E-state index contributed by atoms with van der Waals surface area (Å²) < 4.78 is 33.0. The Hall–Kier alpha value is -3.60. The van der Waals surface area contributed by atoms with Gasteiger partial charge in [0.2, 0.25) is 10.0 Å². The normalized spacial score (nSPS) is 15.1. The summed E-state index contributed by atoms with van der Waals surface area (Å²) in [6.07, 6.45) is 0. The van der Waals surface area contributed by atoms with E-state index in [1.54, 1.807) is 6.92 Å². The molecule has 1 aliphatic heterocycles. The number of anilines is 1. The fourth-order valence-electron chi connectivity index (χ4n) is 3.60. The number of ether oxygens (including phenoxy) is 1. The van der Waals surface area contributed by atoms with E-state index in [0.29, 0.717) is 5.71 Å². The topological polar surface area (TPSA) is 114 Å². The molecule has 4 rings (SSSR count). The molecule has 34 heavy (non-hydrogen) atoms. The summed E-state index contributed by atoms with van der Waals surface area (Å²) in [5.74, 6) is 0. The highest BCUT2D eigenvalue weighted by Gasteiger charge is 2.30. The van der Waals surface area contributed by atoms with Crippen LogP contribution in [0.25, 0.3) is 11.1 Å². The zero-order valence-electron chi connectivity index (χ0n) is 18.5. The van der Waals surface area contributed by atoms with E-state index in [1.807, 2.05) is 54.6 Å². The van der Waals surface area contributed by atoms with Gasteiger partial charge in [0, 0.05) is 25.2 Å². The molecule has 0 amide bonds. The van der Waals surface area contributed by atoms with Crippen molar-refractivity contribution in [3.8, 4) is 11.1 Å². The monoisotopic (exact) mass is 480 g/mol. The van der Waals surface area contributed by atoms with Gasteiger partial charge in [-0.25, -0.2) is 8.42 Å². The summed E-state index contributed by atoms with van der Waals surface area (Å²) in [7, 11) is -3.98. The third-order valence-corrected chi connectivity index (χ3v) is 7.46. The number of nitro benzene ring substituents is 1. The highest BCUT2D eigenvalue weighted by molar-refractivity contribution is 7.89. The highest BCUT2D eigenvalue weighted by atomic mass is 32.2. The number of non-ortho nitro benzene ring substituents is 1. The number of sulfonamides is 1. The molecule has 0 radical (unpaired) electrons. The molecule has 0 spiro atoms. The Morgan fingerprint density at radius 2 is 1.65 bits per heavy atom. The Bertz CT molecular complexity index is 1300. The number of nitrogens with zero attached hydrogens (tertiary/aromatic N) is 3. The first-order chi connectivity index (χ1) is 16.4. The summed E-state index contributed by atoms with van der Waals surface area (Å²) in [5.41, 5.74) is 6.31. The smallest absolute Gasteiger partial charge is 0.270 e. The van der Waals surface area contributed by atoms with Gasteiger partial charge < -0.3 is 4.74 Å². The maximum absolute atomic E-state index is 13.2. The molecular formula is C24H24N4O5S. The van der Waals surface area contributed by atoms with E-state index in [0.717, 1.165) is 22.8 Å². The maximum atomic E-state index is 13.2. The number of hydrogen-bond acceptors (Lipinski definition) is 7. The molecule has 0 saturated carbocycles. The number of nitrogens with one attached hydrogen (secondary N) is 1. The van der Waals surface area contributed by atoms with Gasteiger partial charge in [-0.1, -0.05) is 54.6 Å². The predicted molar refractivity (Wildman–Crippen MR) is 130 cm³/mol. The molecule has 3 aromatic rings. The third kappa shape index (κ3) is 5.14. The minimum Gasteiger partial charge on any atom is -0.379 e. The Kier molecular flexibility index (Phi) is 7.01. The lowest BCUT2D eigenvalue weighted by Gasteiger charge is -2.26. The zero-order chi connectivity index (χ0) is 24.1. The van der Waals surface area contributed by atoms with Crippen molar-refractivity contribution < 1.29 is 18.1 Å². The maximum Gasteiger partial charge on any atom is 0.270 e. The molecule has 1 heterocycles. The molecule has 10 heteroatoms. The lowest BCUT2D eigenvalue weighted by atomic mass is 10.0. The average Bonchev–Trinajstić information content (AvgIpc) is 2.88. The fourth-order valence-corrected chi connectivity index (χ4v) is 5.17. The number of nitro groups is 1. The van der Waals surface area contributed by atoms with Gasteiger partial charge in [-0.3, -0.25) is 15.5 Å². The summed E-state index contributed by atoms with van der Waals surface area (Å²) in [6.45, 7) is 2.70. The van der Waals surface area contributed by atoms with Crippen LogP contribution in [0.5, 0.6) is 0 Å². The van der Waals surface area contributed by atoms with Crippen molar-refractivity contribution in [3.05, 3.63) is 88.5 Å². The van der Waals surface area contributed by atoms with Gasteiger partial charge in [-0.2, -0.15) is 9.41 Å². The van der Waals surface area contributed by atoms with Crippen LogP contribution in [-0.4, -0.2) is 49.7 Å². The van der Waals surface area contributed by atoms with Crippen LogP contribution in [0.2, 0.25) is 0 Å². The number of morpholine rings is 1. The van der Waals surface area contributed by atoms with Crippen LogP contribution in [0.4, 0.5) is 11.4 Å². The third-order valence-electron chi connectivity index (χ3n) is 5.52. The van der Waals surface area contributed by atoms with Crippen molar-refractivity contribution >= 4 is 27.1 Å². The minimum atomic E-state index is -3.98. The predicted octanol–water partition coefficient (Wildman–Crippen LogP) is 4.12. The zero-order valence-corrected chi connectivity index (χ0v) is 19.4. The second kappa shape index (κ2) is 10.1. The van der Waals surface area contributed by atoms with Crippen LogP contribution in [0.1, 0.15) is 12.5 Å². The van der Waals surface area contributed by atoms with Crippen LogP contribution in [0.15, 0.2) is 82.8 Å². The molecule has 1 N–H and O–H groups in total. The van der Waals surface area contributed by atoms with Gasteiger partial charge in [-0.15, -0.1) is 0 Å². The van der Waals surface area contributed by atoms with Crippen LogP contribution >= 0.6 is 0 Å². The van der Waals surface area contributed by atoms with Crippen LogP contribution in [0.3, 0.4) is 0 Å². The minimum absolute atomic E-state index is 0.164. The number of hydrogen-bond donors (Lipinski definition) is 1. The largest absolute Gasteiger partial charge is 0.379 e. The lowest BCUT2D eigenvalue weighted by molar-refractivity contribution is -0.385. The van der Waals surface area contributed by atoms with E-state index in [1.165, 1.54) is 16.4 Å². The highest BCUT2D eigenvalue weighted by Crippen LogP contribution is 2.30. The average molecular weight is 481 g/mol. The molecule has 176 valence electrons. The van der Waals surface area contributed by atoms with Crippen molar-refractivity contribution in [1.29, 1.82) is 0 Å². The molecule has 9 nitrogen and oxygen atoms in total. The summed E-state index contributed by atoms with van der Waals surface area (Å²) in [5, 5.41) is 15.6. The van der Waals surface area contributed by atoms with Gasteiger partial charge in [0.05, 0.1) is 29.5 Å². The molecule has 0 aliphatic carbocycles. The fraction of sp³-hybridized carbons (Fsp3) is 0.208. The van der Waals surface area contributed by atoms with E-state index in [4.69, 9.17) is 4.74 Å². The quantitative estimate of drug-likeness (QED) is 0.309. The molecule has 1 aliphatic rings. The van der Waals surface area contributed by atoms with E-state index in [-0.39, 0.29) is 42.6 Å². The Morgan fingerprint density at radius 3 is 2.29 bits per heavy atom. The van der Waals surface area contributed by atoms with E-state index >= 15 is 0 Å².